The topological polar surface area (TPSA) is 49.7 Å². The summed E-state index contributed by atoms with van der Waals surface area (Å²) in [7, 11) is -3.30. The molecule has 2 heterocycles. The third kappa shape index (κ3) is 2.40. The number of amidine groups is 1. The first-order valence-electron chi connectivity index (χ1n) is 5.71. The van der Waals surface area contributed by atoms with Crippen LogP contribution in [0.3, 0.4) is 0 Å². The van der Waals surface area contributed by atoms with Gasteiger partial charge in [-0.3, -0.25) is 0 Å². The van der Waals surface area contributed by atoms with Crippen LogP contribution in [0.4, 0.5) is 0 Å². The van der Waals surface area contributed by atoms with Gasteiger partial charge < -0.3 is 4.90 Å². The van der Waals surface area contributed by atoms with Crippen molar-refractivity contribution in [2.45, 2.75) is 6.92 Å². The number of rotatable bonds is 1. The molecule has 0 saturated carbocycles. The smallest absolute Gasteiger partial charge is 0.257 e. The van der Waals surface area contributed by atoms with Gasteiger partial charge in [0.25, 0.3) is 10.0 Å². The van der Waals surface area contributed by atoms with Crippen LogP contribution in [0.25, 0.3) is 5.70 Å². The van der Waals surface area contributed by atoms with Crippen LogP contribution < -0.4 is 0 Å². The average molecular weight is 315 g/mol. The van der Waals surface area contributed by atoms with Gasteiger partial charge in [0.05, 0.1) is 11.4 Å². The molecule has 0 aliphatic carbocycles. The number of nitrogens with zero attached hydrogens (tertiary/aromatic N) is 2. The van der Waals surface area contributed by atoms with Crippen molar-refractivity contribution >= 4 is 44.3 Å². The van der Waals surface area contributed by atoms with Gasteiger partial charge >= 0.3 is 0 Å². The quantitative estimate of drug-likeness (QED) is 0.800. The molecule has 4 nitrogen and oxygen atoms in total. The molecule has 0 bridgehead atoms. The Morgan fingerprint density at radius 3 is 2.68 bits per heavy atom. The fourth-order valence-electron chi connectivity index (χ4n) is 2.14. The Bertz CT molecular complexity index is 693. The minimum absolute atomic E-state index is 0.0570. The van der Waals surface area contributed by atoms with E-state index in [1.165, 1.54) is 11.8 Å². The largest absolute Gasteiger partial charge is 0.318 e. The first-order chi connectivity index (χ1) is 8.96. The van der Waals surface area contributed by atoms with Crippen LogP contribution in [-0.2, 0) is 10.0 Å². The van der Waals surface area contributed by atoms with Crippen molar-refractivity contribution in [3.05, 3.63) is 39.8 Å². The molecule has 1 aromatic carbocycles. The zero-order chi connectivity index (χ0) is 13.6. The maximum absolute atomic E-state index is 11.5. The number of hydrogen-bond acceptors (Lipinski definition) is 4. The predicted octanol–water partition coefficient (Wildman–Crippen LogP) is 2.78. The number of halogens is 1. The third-order valence-corrected chi connectivity index (χ3v) is 5.50. The summed E-state index contributed by atoms with van der Waals surface area (Å²) in [6.45, 7) is 2.42. The summed E-state index contributed by atoms with van der Waals surface area (Å²) in [5, 5.41) is 1.23. The molecule has 0 atom stereocenters. The number of allylic oxidation sites excluding steroid dienone is 1. The molecular formula is C12H11ClN2O2S2. The van der Waals surface area contributed by atoms with Gasteiger partial charge in [-0.1, -0.05) is 35.5 Å². The van der Waals surface area contributed by atoms with Crippen molar-refractivity contribution < 1.29 is 8.42 Å². The van der Waals surface area contributed by atoms with Gasteiger partial charge in [0.15, 0.2) is 5.17 Å². The van der Waals surface area contributed by atoms with Crippen LogP contribution in [0.2, 0.25) is 5.02 Å². The average Bonchev–Trinajstić information content (AvgIpc) is 2.64. The van der Waals surface area contributed by atoms with Gasteiger partial charge in [0.1, 0.15) is 0 Å². The molecule has 3 rings (SSSR count). The number of fused-ring (bicyclic) bond motifs is 1. The van der Waals surface area contributed by atoms with E-state index in [1.54, 1.807) is 0 Å². The minimum Gasteiger partial charge on any atom is -0.318 e. The molecule has 0 saturated heterocycles. The van der Waals surface area contributed by atoms with E-state index in [-0.39, 0.29) is 5.75 Å². The first kappa shape index (κ1) is 13.0. The van der Waals surface area contributed by atoms with Crippen molar-refractivity contribution in [2.75, 3.05) is 12.3 Å². The molecule has 0 N–H and O–H groups in total. The lowest BCUT2D eigenvalue weighted by molar-refractivity contribution is 0.566. The van der Waals surface area contributed by atoms with E-state index in [1.807, 2.05) is 36.1 Å². The zero-order valence-electron chi connectivity index (χ0n) is 10.1. The number of hydrogen-bond donors (Lipinski definition) is 0. The Hall–Kier alpha value is -0.980. The van der Waals surface area contributed by atoms with Crippen LogP contribution in [0.5, 0.6) is 0 Å². The van der Waals surface area contributed by atoms with Crippen LogP contribution in [-0.4, -0.2) is 30.8 Å². The molecule has 2 aliphatic rings. The molecule has 0 spiro atoms. The molecule has 0 aromatic heterocycles. The van der Waals surface area contributed by atoms with E-state index in [2.05, 4.69) is 4.40 Å². The van der Waals surface area contributed by atoms with E-state index in [0.29, 0.717) is 16.7 Å². The van der Waals surface area contributed by atoms with E-state index >= 15 is 0 Å². The summed E-state index contributed by atoms with van der Waals surface area (Å²) < 4.78 is 26.9. The Kier molecular flexibility index (Phi) is 3.11. The summed E-state index contributed by atoms with van der Waals surface area (Å²) in [5.74, 6) is 0.0570. The second-order valence-electron chi connectivity index (χ2n) is 4.33. The predicted molar refractivity (Wildman–Crippen MR) is 79.6 cm³/mol. The Labute approximate surface area is 121 Å². The maximum atomic E-state index is 11.5. The zero-order valence-corrected chi connectivity index (χ0v) is 12.5. The van der Waals surface area contributed by atoms with Crippen LogP contribution in [0.15, 0.2) is 33.6 Å². The highest BCUT2D eigenvalue weighted by Crippen LogP contribution is 2.41. The summed E-state index contributed by atoms with van der Waals surface area (Å²) in [4.78, 5) is 3.02. The molecule has 2 aliphatic heterocycles. The lowest BCUT2D eigenvalue weighted by Gasteiger charge is -2.25. The van der Waals surface area contributed by atoms with Crippen molar-refractivity contribution in [3.63, 3.8) is 0 Å². The molecule has 0 fully saturated rings. The monoisotopic (exact) mass is 314 g/mol. The van der Waals surface area contributed by atoms with Gasteiger partial charge in [0, 0.05) is 16.5 Å². The van der Waals surface area contributed by atoms with Gasteiger partial charge in [-0.15, -0.1) is 4.40 Å². The van der Waals surface area contributed by atoms with E-state index in [9.17, 15) is 8.42 Å². The van der Waals surface area contributed by atoms with E-state index in [0.717, 1.165) is 16.2 Å². The van der Waals surface area contributed by atoms with Gasteiger partial charge in [-0.2, -0.15) is 0 Å². The second kappa shape index (κ2) is 4.54. The fraction of sp³-hybridized carbons (Fsp3) is 0.250. The maximum Gasteiger partial charge on any atom is 0.257 e. The Morgan fingerprint density at radius 2 is 2.00 bits per heavy atom. The van der Waals surface area contributed by atoms with Crippen molar-refractivity contribution in [1.29, 1.82) is 0 Å². The van der Waals surface area contributed by atoms with Gasteiger partial charge in [0.2, 0.25) is 0 Å². The van der Waals surface area contributed by atoms with E-state index in [4.69, 9.17) is 11.6 Å². The fourth-order valence-corrected chi connectivity index (χ4v) is 4.49. The highest BCUT2D eigenvalue weighted by Gasteiger charge is 2.33. The highest BCUT2D eigenvalue weighted by molar-refractivity contribution is 8.18. The minimum atomic E-state index is -3.30. The van der Waals surface area contributed by atoms with Gasteiger partial charge in [-0.05, 0) is 24.6 Å². The molecule has 19 heavy (non-hydrogen) atoms. The molecule has 0 radical (unpaired) electrons. The van der Waals surface area contributed by atoms with Crippen LogP contribution >= 0.6 is 23.4 Å². The summed E-state index contributed by atoms with van der Waals surface area (Å²) in [5.41, 5.74) is 2.05. The van der Waals surface area contributed by atoms with Crippen molar-refractivity contribution in [3.8, 4) is 0 Å². The SMILES string of the molecule is CC1=C(c2ccc(Cl)cc2)N2CCS(=O)(=O)N=C2S1. The van der Waals surface area contributed by atoms with Crippen LogP contribution in [0.1, 0.15) is 12.5 Å². The molecule has 7 heteroatoms. The molecule has 100 valence electrons. The molecule has 1 aromatic rings. The lowest BCUT2D eigenvalue weighted by Crippen LogP contribution is -2.34. The Balaban J connectivity index is 2.04. The highest BCUT2D eigenvalue weighted by atomic mass is 35.5. The third-order valence-electron chi connectivity index (χ3n) is 2.99. The normalized spacial score (nSPS) is 21.4. The number of sulfonamides is 1. The molecule has 0 unspecified atom stereocenters. The molecular weight excluding hydrogens is 304 g/mol. The lowest BCUT2D eigenvalue weighted by atomic mass is 10.1. The standard InChI is InChI=1S/C12H11ClN2O2S2/c1-8-11(9-2-4-10(13)5-3-9)15-6-7-19(16,17)14-12(15)18-8/h2-5H,6-7H2,1H3. The van der Waals surface area contributed by atoms with Crippen LogP contribution in [0, 0.1) is 0 Å². The van der Waals surface area contributed by atoms with Crippen molar-refractivity contribution in [1.82, 2.24) is 4.90 Å². The summed E-state index contributed by atoms with van der Waals surface area (Å²) >= 11 is 7.29. The van der Waals surface area contributed by atoms with E-state index < -0.39 is 10.0 Å². The molecule has 0 amide bonds. The Morgan fingerprint density at radius 1 is 1.32 bits per heavy atom. The summed E-state index contributed by atoms with van der Waals surface area (Å²) in [6, 6.07) is 7.54. The first-order valence-corrected chi connectivity index (χ1v) is 8.51. The van der Waals surface area contributed by atoms with Gasteiger partial charge in [-0.25, -0.2) is 8.42 Å². The summed E-state index contributed by atoms with van der Waals surface area (Å²) in [6.07, 6.45) is 0. The second-order valence-corrected chi connectivity index (χ2v) is 7.70. The number of thioether (sulfide) groups is 1. The van der Waals surface area contributed by atoms with Crippen molar-refractivity contribution in [2.24, 2.45) is 4.40 Å². The number of benzene rings is 1.